The van der Waals surface area contributed by atoms with Gasteiger partial charge in [0.1, 0.15) is 5.75 Å². The average molecular weight is 404 g/mol. The van der Waals surface area contributed by atoms with Gasteiger partial charge in [-0.3, -0.25) is 15.0 Å². The third-order valence-electron chi connectivity index (χ3n) is 4.04. The number of nitrogens with one attached hydrogen (secondary N) is 2. The third-order valence-corrected chi connectivity index (χ3v) is 5.31. The van der Waals surface area contributed by atoms with Gasteiger partial charge in [0, 0.05) is 18.4 Å². The molecular weight excluding hydrogens is 380 g/mol. The molecule has 0 aliphatic carbocycles. The zero-order chi connectivity index (χ0) is 20.7. The van der Waals surface area contributed by atoms with Crippen molar-refractivity contribution in [3.63, 3.8) is 0 Å². The minimum absolute atomic E-state index is 0.0114. The normalized spacial score (nSPS) is 11.1. The van der Waals surface area contributed by atoms with Crippen molar-refractivity contribution in [2.24, 2.45) is 0 Å². The van der Waals surface area contributed by atoms with E-state index in [2.05, 4.69) is 5.43 Å². The summed E-state index contributed by atoms with van der Waals surface area (Å²) in [6, 6.07) is 11.4. The molecule has 0 radical (unpaired) electrons. The second-order valence-electron chi connectivity index (χ2n) is 6.30. The molecule has 0 heterocycles. The number of ether oxygens (including phenoxy) is 1. The Labute approximate surface area is 165 Å². The first kappa shape index (κ1) is 21.6. The Morgan fingerprint density at radius 2 is 1.68 bits per heavy atom. The molecule has 7 nitrogen and oxygen atoms in total. The van der Waals surface area contributed by atoms with Crippen molar-refractivity contribution in [3.05, 3.63) is 59.2 Å². The van der Waals surface area contributed by atoms with Crippen LogP contribution in [0.1, 0.15) is 41.3 Å². The van der Waals surface area contributed by atoms with Gasteiger partial charge in [0.25, 0.3) is 10.0 Å². The molecule has 28 heavy (non-hydrogen) atoms. The molecule has 0 aromatic heterocycles. The zero-order valence-electron chi connectivity index (χ0n) is 16.1. The lowest BCUT2D eigenvalue weighted by molar-refractivity contribution is -0.121. The van der Waals surface area contributed by atoms with Crippen molar-refractivity contribution in [2.45, 2.75) is 38.5 Å². The molecule has 2 N–H and O–H groups in total. The first-order chi connectivity index (χ1) is 13.2. The Hall–Kier alpha value is -2.71. The summed E-state index contributed by atoms with van der Waals surface area (Å²) in [6.07, 6.45) is -0.140. The number of amides is 1. The van der Waals surface area contributed by atoms with E-state index in [1.807, 2.05) is 37.7 Å². The van der Waals surface area contributed by atoms with Gasteiger partial charge in [-0.25, -0.2) is 8.42 Å². The van der Waals surface area contributed by atoms with E-state index >= 15 is 0 Å². The van der Waals surface area contributed by atoms with Gasteiger partial charge in [-0.2, -0.15) is 0 Å². The summed E-state index contributed by atoms with van der Waals surface area (Å²) in [5, 5.41) is 0. The Balaban J connectivity index is 1.89. The van der Waals surface area contributed by atoms with E-state index in [1.165, 1.54) is 24.3 Å². The maximum absolute atomic E-state index is 12.3. The first-order valence-electron chi connectivity index (χ1n) is 8.87. The highest BCUT2D eigenvalue weighted by Crippen LogP contribution is 2.16. The first-order valence-corrected chi connectivity index (χ1v) is 10.3. The molecule has 0 spiro atoms. The van der Waals surface area contributed by atoms with Crippen LogP contribution in [0.2, 0.25) is 0 Å². The quantitative estimate of drug-likeness (QED) is 0.494. The summed E-state index contributed by atoms with van der Waals surface area (Å²) < 4.78 is 29.7. The number of hydrogen-bond acceptors (Lipinski definition) is 5. The van der Waals surface area contributed by atoms with E-state index in [9.17, 15) is 18.0 Å². The Bertz CT molecular complexity index is 953. The lowest BCUT2D eigenvalue weighted by Crippen LogP contribution is -2.41. The number of rotatable bonds is 9. The van der Waals surface area contributed by atoms with Crippen LogP contribution in [0.25, 0.3) is 0 Å². The van der Waals surface area contributed by atoms with Crippen LogP contribution in [0.4, 0.5) is 0 Å². The second kappa shape index (κ2) is 9.48. The summed E-state index contributed by atoms with van der Waals surface area (Å²) >= 11 is 0. The third kappa shape index (κ3) is 5.90. The van der Waals surface area contributed by atoms with Crippen molar-refractivity contribution in [1.29, 1.82) is 0 Å². The molecule has 2 aromatic rings. The van der Waals surface area contributed by atoms with Gasteiger partial charge in [0.2, 0.25) is 5.91 Å². The molecule has 2 rings (SSSR count). The van der Waals surface area contributed by atoms with Gasteiger partial charge in [-0.15, -0.1) is 4.83 Å². The Kier molecular flexibility index (Phi) is 7.31. The van der Waals surface area contributed by atoms with Crippen molar-refractivity contribution < 1.29 is 22.7 Å². The molecule has 0 fully saturated rings. The molecular formula is C20H24N2O5S. The largest absolute Gasteiger partial charge is 0.494 e. The summed E-state index contributed by atoms with van der Waals surface area (Å²) in [4.78, 5) is 26.3. The number of hydrogen-bond donors (Lipinski definition) is 2. The molecule has 0 aliphatic heterocycles. The maximum atomic E-state index is 12.3. The molecule has 0 saturated heterocycles. The molecule has 0 bridgehead atoms. The van der Waals surface area contributed by atoms with Gasteiger partial charge in [-0.1, -0.05) is 17.7 Å². The lowest BCUT2D eigenvalue weighted by atomic mass is 9.99. The average Bonchev–Trinajstić information content (AvgIpc) is 2.67. The topological polar surface area (TPSA) is 102 Å². The minimum atomic E-state index is -3.91. The van der Waals surface area contributed by atoms with E-state index < -0.39 is 15.9 Å². The predicted molar refractivity (Wildman–Crippen MR) is 106 cm³/mol. The highest BCUT2D eigenvalue weighted by Gasteiger charge is 2.16. The molecule has 1 amide bonds. The van der Waals surface area contributed by atoms with Crippen LogP contribution in [0.5, 0.6) is 5.75 Å². The number of benzene rings is 2. The number of aryl methyl sites for hydroxylation is 2. The van der Waals surface area contributed by atoms with E-state index in [1.54, 1.807) is 6.07 Å². The molecule has 0 aliphatic rings. The van der Waals surface area contributed by atoms with Crippen LogP contribution in [-0.4, -0.2) is 26.7 Å². The van der Waals surface area contributed by atoms with E-state index in [4.69, 9.17) is 4.74 Å². The number of sulfonamides is 1. The van der Waals surface area contributed by atoms with Crippen LogP contribution in [0.15, 0.2) is 47.4 Å². The van der Waals surface area contributed by atoms with Gasteiger partial charge < -0.3 is 4.74 Å². The smallest absolute Gasteiger partial charge is 0.257 e. The monoisotopic (exact) mass is 404 g/mol. The summed E-state index contributed by atoms with van der Waals surface area (Å²) in [7, 11) is -3.91. The molecule has 0 unspecified atom stereocenters. The second-order valence-corrected chi connectivity index (χ2v) is 7.98. The Morgan fingerprint density at radius 3 is 2.32 bits per heavy atom. The van der Waals surface area contributed by atoms with Crippen molar-refractivity contribution in [3.8, 4) is 5.75 Å². The standard InChI is InChI=1S/C20H24N2O5S/c1-4-27-16-7-9-17(10-8-16)28(25,26)22-21-20(24)12-11-19(23)18-13-14(2)5-6-15(18)3/h5-10,13,22H,4,11-12H2,1-3H3,(H,21,24). The molecule has 8 heteroatoms. The lowest BCUT2D eigenvalue weighted by Gasteiger charge is -2.10. The van der Waals surface area contributed by atoms with Gasteiger partial charge in [0.15, 0.2) is 5.78 Å². The van der Waals surface area contributed by atoms with Gasteiger partial charge in [-0.05, 0) is 56.7 Å². The fraction of sp³-hybridized carbons (Fsp3) is 0.300. The highest BCUT2D eigenvalue weighted by molar-refractivity contribution is 7.89. The van der Waals surface area contributed by atoms with Crippen LogP contribution in [-0.2, 0) is 14.8 Å². The fourth-order valence-electron chi connectivity index (χ4n) is 2.53. The molecule has 2 aromatic carbocycles. The van der Waals surface area contributed by atoms with Crippen molar-refractivity contribution in [1.82, 2.24) is 10.3 Å². The number of ketones is 1. The van der Waals surface area contributed by atoms with Crippen LogP contribution < -0.4 is 15.0 Å². The summed E-state index contributed by atoms with van der Waals surface area (Å²) in [6.45, 7) is 6.02. The van der Waals surface area contributed by atoms with Crippen LogP contribution in [0.3, 0.4) is 0 Å². The highest BCUT2D eigenvalue weighted by atomic mass is 32.2. The fourth-order valence-corrected chi connectivity index (χ4v) is 3.39. The number of carbonyl (C=O) groups is 2. The summed E-state index contributed by atoms with van der Waals surface area (Å²) in [5.74, 6) is -0.200. The SMILES string of the molecule is CCOc1ccc(S(=O)(=O)NNC(=O)CCC(=O)c2cc(C)ccc2C)cc1. The van der Waals surface area contributed by atoms with E-state index in [0.717, 1.165) is 11.1 Å². The van der Waals surface area contributed by atoms with Crippen molar-refractivity contribution >= 4 is 21.7 Å². The van der Waals surface area contributed by atoms with Crippen LogP contribution in [0, 0.1) is 13.8 Å². The van der Waals surface area contributed by atoms with Gasteiger partial charge in [0.05, 0.1) is 11.5 Å². The maximum Gasteiger partial charge on any atom is 0.257 e. The number of Topliss-reactive ketones (excluding diaryl/α,β-unsaturated/α-hetero) is 1. The van der Waals surface area contributed by atoms with E-state index in [0.29, 0.717) is 17.9 Å². The van der Waals surface area contributed by atoms with Crippen molar-refractivity contribution in [2.75, 3.05) is 6.61 Å². The van der Waals surface area contributed by atoms with Crippen LogP contribution >= 0.6 is 0 Å². The summed E-state index contributed by atoms with van der Waals surface area (Å²) in [5.41, 5.74) is 4.51. The Morgan fingerprint density at radius 1 is 1.00 bits per heavy atom. The zero-order valence-corrected chi connectivity index (χ0v) is 16.9. The minimum Gasteiger partial charge on any atom is -0.494 e. The predicted octanol–water partition coefficient (Wildman–Crippen LogP) is 2.67. The number of hydrazine groups is 1. The molecule has 150 valence electrons. The molecule has 0 atom stereocenters. The van der Waals surface area contributed by atoms with Gasteiger partial charge >= 0.3 is 0 Å². The van der Waals surface area contributed by atoms with E-state index in [-0.39, 0.29) is 23.5 Å². The number of carbonyl (C=O) groups excluding carboxylic acids is 2. The molecule has 0 saturated carbocycles.